The zero-order chi connectivity index (χ0) is 14.2. The van der Waals surface area contributed by atoms with Crippen LogP contribution in [0.5, 0.6) is 5.88 Å². The highest BCUT2D eigenvalue weighted by Crippen LogP contribution is 2.42. The minimum atomic E-state index is 0. The molecule has 1 aliphatic rings. The van der Waals surface area contributed by atoms with E-state index in [1.807, 2.05) is 18.2 Å². The Kier molecular flexibility index (Phi) is 3.81. The fourth-order valence-corrected chi connectivity index (χ4v) is 2.74. The largest absolute Gasteiger partial charge is 0.481 e. The van der Waals surface area contributed by atoms with Gasteiger partial charge >= 0.3 is 0 Å². The number of hydrogen-bond donors (Lipinski definition) is 1. The maximum Gasteiger partial charge on any atom is 0.213 e. The van der Waals surface area contributed by atoms with Crippen molar-refractivity contribution in [3.05, 3.63) is 53.9 Å². The molecule has 0 radical (unpaired) electrons. The Labute approximate surface area is 129 Å². The van der Waals surface area contributed by atoms with Crippen molar-refractivity contribution >= 4 is 10.9 Å². The van der Waals surface area contributed by atoms with Gasteiger partial charge < -0.3 is 10.9 Å². The minimum Gasteiger partial charge on any atom is -0.481 e. The average molecular weight is 296 g/mol. The SMILES string of the molecule is COc1cccc(Cn2nc(C3CC3)c3ccccc32)n1.N. The summed E-state index contributed by atoms with van der Waals surface area (Å²) in [6.07, 6.45) is 2.52. The van der Waals surface area contributed by atoms with Crippen molar-refractivity contribution in [2.24, 2.45) is 0 Å². The lowest BCUT2D eigenvalue weighted by Gasteiger charge is -2.05. The van der Waals surface area contributed by atoms with Crippen LogP contribution in [-0.4, -0.2) is 21.9 Å². The van der Waals surface area contributed by atoms with Gasteiger partial charge in [-0.15, -0.1) is 0 Å². The summed E-state index contributed by atoms with van der Waals surface area (Å²) in [6.45, 7) is 0.671. The van der Waals surface area contributed by atoms with E-state index in [4.69, 9.17) is 9.84 Å². The fraction of sp³-hybridized carbons (Fsp3) is 0.294. The molecule has 0 saturated heterocycles. The molecule has 3 N–H and O–H groups in total. The maximum absolute atomic E-state index is 5.19. The van der Waals surface area contributed by atoms with Crippen LogP contribution in [0.4, 0.5) is 0 Å². The summed E-state index contributed by atoms with van der Waals surface area (Å²) >= 11 is 0. The van der Waals surface area contributed by atoms with Crippen molar-refractivity contribution in [1.29, 1.82) is 0 Å². The van der Waals surface area contributed by atoms with E-state index in [2.05, 4.69) is 33.9 Å². The number of fused-ring (bicyclic) bond motifs is 1. The molecule has 3 aromatic rings. The van der Waals surface area contributed by atoms with E-state index in [9.17, 15) is 0 Å². The number of ether oxygens (including phenoxy) is 1. The second kappa shape index (κ2) is 5.77. The van der Waals surface area contributed by atoms with Gasteiger partial charge in [0.25, 0.3) is 0 Å². The van der Waals surface area contributed by atoms with Gasteiger partial charge in [0.15, 0.2) is 0 Å². The first-order chi connectivity index (χ1) is 10.3. The Bertz CT molecular complexity index is 792. The van der Waals surface area contributed by atoms with Crippen molar-refractivity contribution in [2.45, 2.75) is 25.3 Å². The van der Waals surface area contributed by atoms with Crippen LogP contribution >= 0.6 is 0 Å². The van der Waals surface area contributed by atoms with Gasteiger partial charge in [0.2, 0.25) is 5.88 Å². The van der Waals surface area contributed by atoms with E-state index < -0.39 is 0 Å². The normalized spacial score (nSPS) is 13.9. The number of benzene rings is 1. The topological polar surface area (TPSA) is 74.9 Å². The predicted octanol–water partition coefficient (Wildman–Crippen LogP) is 3.53. The van der Waals surface area contributed by atoms with Crippen molar-refractivity contribution in [1.82, 2.24) is 20.9 Å². The molecule has 0 aliphatic heterocycles. The second-order valence-electron chi connectivity index (χ2n) is 5.51. The van der Waals surface area contributed by atoms with E-state index in [0.717, 1.165) is 5.69 Å². The van der Waals surface area contributed by atoms with Crippen LogP contribution in [0.25, 0.3) is 10.9 Å². The van der Waals surface area contributed by atoms with Crippen LogP contribution in [0.15, 0.2) is 42.5 Å². The van der Waals surface area contributed by atoms with Crippen LogP contribution in [0.3, 0.4) is 0 Å². The summed E-state index contributed by atoms with van der Waals surface area (Å²) < 4.78 is 7.25. The molecule has 1 aromatic carbocycles. The number of aromatic nitrogens is 3. The van der Waals surface area contributed by atoms with Crippen LogP contribution in [0, 0.1) is 0 Å². The predicted molar refractivity (Wildman–Crippen MR) is 86.6 cm³/mol. The quantitative estimate of drug-likeness (QED) is 0.799. The molecule has 0 spiro atoms. The number of pyridine rings is 1. The first-order valence-corrected chi connectivity index (χ1v) is 7.30. The van der Waals surface area contributed by atoms with Crippen molar-refractivity contribution in [3.63, 3.8) is 0 Å². The van der Waals surface area contributed by atoms with Crippen LogP contribution in [-0.2, 0) is 6.54 Å². The molecular weight excluding hydrogens is 276 g/mol. The third-order valence-corrected chi connectivity index (χ3v) is 3.95. The molecule has 2 aromatic heterocycles. The molecule has 0 amide bonds. The molecular formula is C17H20N4O. The number of hydrogen-bond acceptors (Lipinski definition) is 4. The van der Waals surface area contributed by atoms with Crippen LogP contribution in [0.1, 0.15) is 30.1 Å². The van der Waals surface area contributed by atoms with Crippen LogP contribution in [0.2, 0.25) is 0 Å². The molecule has 22 heavy (non-hydrogen) atoms. The zero-order valence-corrected chi connectivity index (χ0v) is 12.7. The maximum atomic E-state index is 5.19. The number of methoxy groups -OCH3 is 1. The van der Waals surface area contributed by atoms with Gasteiger partial charge in [-0.3, -0.25) is 4.68 Å². The molecule has 0 bridgehead atoms. The van der Waals surface area contributed by atoms with E-state index in [1.165, 1.54) is 29.4 Å². The summed E-state index contributed by atoms with van der Waals surface area (Å²) in [5, 5.41) is 6.12. The highest BCUT2D eigenvalue weighted by Gasteiger charge is 2.28. The summed E-state index contributed by atoms with van der Waals surface area (Å²) in [5.74, 6) is 1.29. The van der Waals surface area contributed by atoms with Gasteiger partial charge in [-0.25, -0.2) is 4.98 Å². The number of nitrogens with zero attached hydrogens (tertiary/aromatic N) is 3. The van der Waals surface area contributed by atoms with Crippen molar-refractivity contribution < 1.29 is 4.74 Å². The molecule has 0 atom stereocenters. The van der Waals surface area contributed by atoms with E-state index >= 15 is 0 Å². The molecule has 5 heteroatoms. The second-order valence-corrected chi connectivity index (χ2v) is 5.51. The lowest BCUT2D eigenvalue weighted by molar-refractivity contribution is 0.395. The van der Waals surface area contributed by atoms with Gasteiger partial charge in [-0.1, -0.05) is 24.3 Å². The number of rotatable bonds is 4. The molecule has 2 heterocycles. The third kappa shape index (κ3) is 2.55. The Morgan fingerprint density at radius 1 is 1.14 bits per heavy atom. The lowest BCUT2D eigenvalue weighted by atomic mass is 10.1. The third-order valence-electron chi connectivity index (χ3n) is 3.95. The molecule has 5 nitrogen and oxygen atoms in total. The molecule has 114 valence electrons. The Hall–Kier alpha value is -2.40. The highest BCUT2D eigenvalue weighted by atomic mass is 16.5. The first-order valence-electron chi connectivity index (χ1n) is 7.30. The molecule has 1 saturated carbocycles. The first kappa shape index (κ1) is 14.5. The van der Waals surface area contributed by atoms with Crippen LogP contribution < -0.4 is 10.9 Å². The molecule has 1 aliphatic carbocycles. The molecule has 4 rings (SSSR count). The monoisotopic (exact) mass is 296 g/mol. The fourth-order valence-electron chi connectivity index (χ4n) is 2.74. The standard InChI is InChI=1S/C17H17N3O.H3N/c1-21-16-8-4-5-13(18-16)11-20-15-7-3-2-6-14(15)17(19-20)12-9-10-12;/h2-8,12H,9-11H2,1H3;1H3. The van der Waals surface area contributed by atoms with Gasteiger partial charge in [-0.2, -0.15) is 5.10 Å². The minimum absolute atomic E-state index is 0. The summed E-state index contributed by atoms with van der Waals surface area (Å²) in [7, 11) is 1.64. The Morgan fingerprint density at radius 3 is 2.73 bits per heavy atom. The summed E-state index contributed by atoms with van der Waals surface area (Å²) in [4.78, 5) is 4.48. The van der Waals surface area contributed by atoms with Gasteiger partial charge in [0.05, 0.1) is 30.6 Å². The van der Waals surface area contributed by atoms with Gasteiger partial charge in [-0.05, 0) is 25.0 Å². The Balaban J connectivity index is 0.00000144. The molecule has 1 fully saturated rings. The smallest absolute Gasteiger partial charge is 0.213 e. The highest BCUT2D eigenvalue weighted by molar-refractivity contribution is 5.82. The number of para-hydroxylation sites is 1. The Morgan fingerprint density at radius 2 is 1.95 bits per heavy atom. The average Bonchev–Trinajstić information content (AvgIpc) is 3.31. The van der Waals surface area contributed by atoms with E-state index in [-0.39, 0.29) is 6.15 Å². The van der Waals surface area contributed by atoms with Gasteiger partial charge in [0, 0.05) is 17.4 Å². The lowest BCUT2D eigenvalue weighted by Crippen LogP contribution is -2.04. The zero-order valence-electron chi connectivity index (χ0n) is 12.7. The van der Waals surface area contributed by atoms with E-state index in [1.54, 1.807) is 7.11 Å². The van der Waals surface area contributed by atoms with Crippen molar-refractivity contribution in [2.75, 3.05) is 7.11 Å². The summed E-state index contributed by atoms with van der Waals surface area (Å²) in [6, 6.07) is 14.3. The van der Waals surface area contributed by atoms with E-state index in [0.29, 0.717) is 18.3 Å². The van der Waals surface area contributed by atoms with Gasteiger partial charge in [0.1, 0.15) is 0 Å². The molecule has 0 unspecified atom stereocenters. The van der Waals surface area contributed by atoms with Crippen molar-refractivity contribution in [3.8, 4) is 5.88 Å². The summed E-state index contributed by atoms with van der Waals surface area (Å²) in [5.41, 5.74) is 3.39.